The Labute approximate surface area is 74.7 Å². The summed E-state index contributed by atoms with van der Waals surface area (Å²) in [6.45, 7) is 6.01. The van der Waals surface area contributed by atoms with E-state index < -0.39 is 4.32 Å². The Balaban J connectivity index is 2.47. The zero-order valence-corrected chi connectivity index (χ0v) is 8.11. The van der Waals surface area contributed by atoms with Gasteiger partial charge in [-0.25, -0.2) is 0 Å². The molecule has 1 fully saturated rings. The zero-order valence-electron chi connectivity index (χ0n) is 6.52. The second kappa shape index (κ2) is 2.97. The van der Waals surface area contributed by atoms with Gasteiger partial charge in [0.15, 0.2) is 0 Å². The number of hydrogen-bond acceptors (Lipinski definition) is 2. The number of allylic oxidation sites excluding steroid dienone is 1. The van der Waals surface area contributed by atoms with Crippen molar-refractivity contribution in [3.05, 3.63) is 12.2 Å². The molecule has 0 aromatic rings. The van der Waals surface area contributed by atoms with Crippen molar-refractivity contribution in [2.24, 2.45) is 0 Å². The molecule has 0 aromatic carbocycles. The van der Waals surface area contributed by atoms with E-state index in [4.69, 9.17) is 4.74 Å². The second-order valence-corrected chi connectivity index (χ2v) is 4.31. The van der Waals surface area contributed by atoms with Crippen LogP contribution in [-0.2, 0) is 9.53 Å². The fraction of sp³-hybridized carbons (Fsp3) is 0.625. The van der Waals surface area contributed by atoms with E-state index in [-0.39, 0.29) is 5.97 Å². The molecule has 0 unspecified atom stereocenters. The average Bonchev–Trinajstić information content (AvgIpc) is 1.85. The largest absolute Gasteiger partial charge is 0.465 e. The quantitative estimate of drug-likeness (QED) is 0.403. The molecular weight excluding hydrogens is 208 g/mol. The first kappa shape index (κ1) is 8.78. The maximum atomic E-state index is 11.2. The molecule has 0 radical (unpaired) electrons. The van der Waals surface area contributed by atoms with Gasteiger partial charge in [-0.15, -0.1) is 0 Å². The summed E-state index contributed by atoms with van der Waals surface area (Å²) in [6, 6.07) is 0. The van der Waals surface area contributed by atoms with Crippen molar-refractivity contribution in [3.8, 4) is 0 Å². The molecule has 1 aliphatic rings. The van der Waals surface area contributed by atoms with E-state index in [1.807, 2.05) is 6.92 Å². The SMILES string of the molecule is C=C1CC(Br)(C(=O)OCC)C1. The first-order valence-electron chi connectivity index (χ1n) is 3.61. The standard InChI is InChI=1S/C8H11BrO2/c1-3-11-7(10)8(9)4-6(2)5-8/h2-5H2,1H3. The Kier molecular flexibility index (Phi) is 2.37. The van der Waals surface area contributed by atoms with Gasteiger partial charge in [0, 0.05) is 0 Å². The summed E-state index contributed by atoms with van der Waals surface area (Å²) in [5, 5.41) is 0. The van der Waals surface area contributed by atoms with Crippen LogP contribution in [0.2, 0.25) is 0 Å². The van der Waals surface area contributed by atoms with Crippen LogP contribution in [0.5, 0.6) is 0 Å². The third-order valence-electron chi connectivity index (χ3n) is 1.70. The van der Waals surface area contributed by atoms with Gasteiger partial charge in [0.05, 0.1) is 6.61 Å². The van der Waals surface area contributed by atoms with E-state index in [2.05, 4.69) is 22.5 Å². The highest BCUT2D eigenvalue weighted by Crippen LogP contribution is 2.44. The van der Waals surface area contributed by atoms with Crippen LogP contribution >= 0.6 is 15.9 Å². The Bertz CT molecular complexity index is 190. The molecule has 11 heavy (non-hydrogen) atoms. The molecule has 1 aliphatic carbocycles. The van der Waals surface area contributed by atoms with Crippen LogP contribution in [0, 0.1) is 0 Å². The van der Waals surface area contributed by atoms with Gasteiger partial charge in [0.2, 0.25) is 0 Å². The van der Waals surface area contributed by atoms with Crippen LogP contribution in [0.3, 0.4) is 0 Å². The summed E-state index contributed by atoms with van der Waals surface area (Å²) >= 11 is 3.34. The molecule has 0 aliphatic heterocycles. The average molecular weight is 219 g/mol. The van der Waals surface area contributed by atoms with E-state index >= 15 is 0 Å². The van der Waals surface area contributed by atoms with Crippen LogP contribution in [0.1, 0.15) is 19.8 Å². The van der Waals surface area contributed by atoms with Crippen LogP contribution in [-0.4, -0.2) is 16.9 Å². The summed E-state index contributed by atoms with van der Waals surface area (Å²) in [7, 11) is 0. The van der Waals surface area contributed by atoms with Crippen LogP contribution in [0.4, 0.5) is 0 Å². The molecule has 0 aromatic heterocycles. The van der Waals surface area contributed by atoms with Gasteiger partial charge in [-0.3, -0.25) is 4.79 Å². The lowest BCUT2D eigenvalue weighted by molar-refractivity contribution is -0.146. The van der Waals surface area contributed by atoms with Crippen LogP contribution in [0.15, 0.2) is 12.2 Å². The highest BCUT2D eigenvalue weighted by atomic mass is 79.9. The lowest BCUT2D eigenvalue weighted by Gasteiger charge is -2.35. The normalized spacial score (nSPS) is 20.7. The predicted octanol–water partition coefficient (Wildman–Crippen LogP) is 2.03. The van der Waals surface area contributed by atoms with Gasteiger partial charge >= 0.3 is 5.97 Å². The van der Waals surface area contributed by atoms with E-state index in [0.717, 1.165) is 5.57 Å². The molecule has 0 atom stereocenters. The molecule has 0 bridgehead atoms. The van der Waals surface area contributed by atoms with Gasteiger partial charge < -0.3 is 4.74 Å². The monoisotopic (exact) mass is 218 g/mol. The maximum absolute atomic E-state index is 11.2. The molecule has 0 spiro atoms. The fourth-order valence-corrected chi connectivity index (χ4v) is 2.05. The van der Waals surface area contributed by atoms with Crippen molar-refractivity contribution in [2.45, 2.75) is 24.1 Å². The Hall–Kier alpha value is -0.310. The van der Waals surface area contributed by atoms with E-state index in [9.17, 15) is 4.79 Å². The number of rotatable bonds is 2. The van der Waals surface area contributed by atoms with E-state index in [1.165, 1.54) is 0 Å². The Morgan fingerprint density at radius 2 is 2.36 bits per heavy atom. The summed E-state index contributed by atoms with van der Waals surface area (Å²) in [5.41, 5.74) is 1.11. The fourth-order valence-electron chi connectivity index (χ4n) is 1.15. The lowest BCUT2D eigenvalue weighted by atomic mass is 9.81. The molecule has 0 amide bonds. The minimum Gasteiger partial charge on any atom is -0.465 e. The molecular formula is C8H11BrO2. The van der Waals surface area contributed by atoms with Crippen molar-refractivity contribution in [1.29, 1.82) is 0 Å². The minimum absolute atomic E-state index is 0.160. The van der Waals surface area contributed by atoms with Crippen molar-refractivity contribution in [3.63, 3.8) is 0 Å². The van der Waals surface area contributed by atoms with Crippen molar-refractivity contribution >= 4 is 21.9 Å². The summed E-state index contributed by atoms with van der Waals surface area (Å²) in [5.74, 6) is -0.160. The second-order valence-electron chi connectivity index (χ2n) is 2.79. The minimum atomic E-state index is -0.444. The molecule has 2 nitrogen and oxygen atoms in total. The van der Waals surface area contributed by atoms with Gasteiger partial charge in [0.25, 0.3) is 0 Å². The highest BCUT2D eigenvalue weighted by Gasteiger charge is 2.45. The van der Waals surface area contributed by atoms with Crippen molar-refractivity contribution in [1.82, 2.24) is 0 Å². The zero-order chi connectivity index (χ0) is 8.48. The predicted molar refractivity (Wildman–Crippen MR) is 46.7 cm³/mol. The number of carbonyl (C=O) groups is 1. The van der Waals surface area contributed by atoms with Crippen LogP contribution in [0.25, 0.3) is 0 Å². The summed E-state index contributed by atoms with van der Waals surface area (Å²) in [4.78, 5) is 11.2. The number of esters is 1. The van der Waals surface area contributed by atoms with Gasteiger partial charge in [-0.2, -0.15) is 0 Å². The highest BCUT2D eigenvalue weighted by molar-refractivity contribution is 9.10. The third-order valence-corrected chi connectivity index (χ3v) is 2.59. The molecule has 0 heterocycles. The number of ether oxygens (including phenoxy) is 1. The topological polar surface area (TPSA) is 26.3 Å². The molecule has 62 valence electrons. The molecule has 0 N–H and O–H groups in total. The molecule has 0 saturated heterocycles. The molecule has 3 heteroatoms. The molecule has 1 rings (SSSR count). The number of hydrogen-bond donors (Lipinski definition) is 0. The van der Waals surface area contributed by atoms with E-state index in [0.29, 0.717) is 19.4 Å². The van der Waals surface area contributed by atoms with Gasteiger partial charge in [-0.05, 0) is 19.8 Å². The maximum Gasteiger partial charge on any atom is 0.323 e. The summed E-state index contributed by atoms with van der Waals surface area (Å²) in [6.07, 6.45) is 1.43. The van der Waals surface area contributed by atoms with Gasteiger partial charge in [0.1, 0.15) is 4.32 Å². The smallest absolute Gasteiger partial charge is 0.323 e. The van der Waals surface area contributed by atoms with Gasteiger partial charge in [-0.1, -0.05) is 28.1 Å². The van der Waals surface area contributed by atoms with E-state index in [1.54, 1.807) is 0 Å². The Morgan fingerprint density at radius 1 is 1.82 bits per heavy atom. The third kappa shape index (κ3) is 1.64. The Morgan fingerprint density at radius 3 is 2.73 bits per heavy atom. The first-order chi connectivity index (χ1) is 5.08. The van der Waals surface area contributed by atoms with Crippen molar-refractivity contribution < 1.29 is 9.53 Å². The van der Waals surface area contributed by atoms with Crippen LogP contribution < -0.4 is 0 Å². The van der Waals surface area contributed by atoms with Crippen molar-refractivity contribution in [2.75, 3.05) is 6.61 Å². The number of carbonyl (C=O) groups excluding carboxylic acids is 1. The molecule has 1 saturated carbocycles. The number of halogens is 1. The summed E-state index contributed by atoms with van der Waals surface area (Å²) < 4.78 is 4.43. The number of alkyl halides is 1. The first-order valence-corrected chi connectivity index (χ1v) is 4.40. The lowest BCUT2D eigenvalue weighted by Crippen LogP contribution is -2.41.